The van der Waals surface area contributed by atoms with Gasteiger partial charge in [0.1, 0.15) is 0 Å². The van der Waals surface area contributed by atoms with Crippen LogP contribution in [0.25, 0.3) is 0 Å². The van der Waals surface area contributed by atoms with Gasteiger partial charge >= 0.3 is 0 Å². The molecule has 0 saturated carbocycles. The Labute approximate surface area is 164 Å². The molecule has 26 heavy (non-hydrogen) atoms. The summed E-state index contributed by atoms with van der Waals surface area (Å²) in [5, 5.41) is 8.07. The zero-order valence-corrected chi connectivity index (χ0v) is 17.3. The normalized spacial score (nSPS) is 17.3. The first kappa shape index (κ1) is 18.6. The second-order valence-corrected chi connectivity index (χ2v) is 7.99. The van der Waals surface area contributed by atoms with E-state index in [1.165, 1.54) is 0 Å². The Morgan fingerprint density at radius 1 is 1.19 bits per heavy atom. The maximum atomic E-state index is 13.0. The molecule has 4 nitrogen and oxygen atoms in total. The van der Waals surface area contributed by atoms with Crippen molar-refractivity contribution in [1.82, 2.24) is 10.2 Å². The second-order valence-electron chi connectivity index (χ2n) is 6.82. The van der Waals surface area contributed by atoms with Gasteiger partial charge in [-0.1, -0.05) is 6.07 Å². The van der Waals surface area contributed by atoms with E-state index in [1.807, 2.05) is 23.3 Å². The van der Waals surface area contributed by atoms with Crippen LogP contribution in [0.5, 0.6) is 0 Å². The molecule has 0 aliphatic carbocycles. The van der Waals surface area contributed by atoms with Gasteiger partial charge in [0.25, 0.3) is 5.91 Å². The minimum absolute atomic E-state index is 0.0110. The molecule has 1 aliphatic rings. The number of likely N-dealkylation sites (N-methyl/N-ethyl adjacent to an activating group) is 1. The summed E-state index contributed by atoms with van der Waals surface area (Å²) in [6, 6.07) is 8.11. The number of carbonyl (C=O) groups is 1. The average Bonchev–Trinajstić information content (AvgIpc) is 3.07. The summed E-state index contributed by atoms with van der Waals surface area (Å²) in [4.78, 5) is 16.6. The molecule has 2 aromatic rings. The fourth-order valence-electron chi connectivity index (χ4n) is 3.34. The van der Waals surface area contributed by atoms with E-state index in [4.69, 9.17) is 12.2 Å². The Balaban J connectivity index is 2.17. The topological polar surface area (TPSA) is 35.6 Å². The van der Waals surface area contributed by atoms with Crippen molar-refractivity contribution in [2.75, 3.05) is 19.0 Å². The average molecular weight is 386 g/mol. The summed E-state index contributed by atoms with van der Waals surface area (Å²) < 4.78 is 0. The molecule has 0 radical (unpaired) electrons. The molecular formula is C20H23N3OS2. The highest BCUT2D eigenvalue weighted by Gasteiger charge is 2.35. The first-order chi connectivity index (χ1) is 12.3. The van der Waals surface area contributed by atoms with Crippen molar-refractivity contribution in [3.8, 4) is 0 Å². The van der Waals surface area contributed by atoms with Gasteiger partial charge in [-0.05, 0) is 78.6 Å². The molecule has 1 aromatic heterocycles. The van der Waals surface area contributed by atoms with Gasteiger partial charge < -0.3 is 10.2 Å². The molecule has 1 aliphatic heterocycles. The molecule has 0 fully saturated rings. The molecule has 136 valence electrons. The van der Waals surface area contributed by atoms with Crippen LogP contribution in [-0.2, 0) is 4.79 Å². The number of allylic oxidation sites excluding steroid dienone is 1. The van der Waals surface area contributed by atoms with Crippen molar-refractivity contribution in [2.45, 2.75) is 26.8 Å². The highest BCUT2D eigenvalue weighted by molar-refractivity contribution is 7.80. The van der Waals surface area contributed by atoms with Gasteiger partial charge in [0.05, 0.1) is 11.6 Å². The van der Waals surface area contributed by atoms with E-state index < -0.39 is 0 Å². The SMILES string of the molecule is CC1=C(C(=O)N(C)C)C(c2ccsc2)NC(=S)N1c1cc(C)cc(C)c1. The Morgan fingerprint density at radius 3 is 2.38 bits per heavy atom. The summed E-state index contributed by atoms with van der Waals surface area (Å²) in [5.74, 6) is -0.0110. The van der Waals surface area contributed by atoms with Crippen LogP contribution in [-0.4, -0.2) is 30.0 Å². The zero-order chi connectivity index (χ0) is 19.0. The smallest absolute Gasteiger partial charge is 0.253 e. The molecule has 1 unspecified atom stereocenters. The van der Waals surface area contributed by atoms with Gasteiger partial charge in [-0.25, -0.2) is 0 Å². The number of hydrogen-bond donors (Lipinski definition) is 1. The van der Waals surface area contributed by atoms with Crippen molar-refractivity contribution in [3.05, 3.63) is 63.0 Å². The minimum Gasteiger partial charge on any atom is -0.351 e. The van der Waals surface area contributed by atoms with Crippen LogP contribution in [0.4, 0.5) is 5.69 Å². The van der Waals surface area contributed by atoms with E-state index in [-0.39, 0.29) is 11.9 Å². The number of nitrogens with one attached hydrogen (secondary N) is 1. The molecule has 0 saturated heterocycles. The van der Waals surface area contributed by atoms with Crippen LogP contribution < -0.4 is 10.2 Å². The lowest BCUT2D eigenvalue weighted by atomic mass is 9.95. The Bertz CT molecular complexity index is 864. The van der Waals surface area contributed by atoms with Gasteiger partial charge in [0, 0.05) is 25.5 Å². The largest absolute Gasteiger partial charge is 0.351 e. The highest BCUT2D eigenvalue weighted by atomic mass is 32.1. The number of anilines is 1. The summed E-state index contributed by atoms with van der Waals surface area (Å²) in [7, 11) is 3.56. The predicted molar refractivity (Wildman–Crippen MR) is 113 cm³/mol. The summed E-state index contributed by atoms with van der Waals surface area (Å²) in [6.07, 6.45) is 0. The van der Waals surface area contributed by atoms with E-state index in [9.17, 15) is 4.79 Å². The molecular weight excluding hydrogens is 362 g/mol. The summed E-state index contributed by atoms with van der Waals surface area (Å²) >= 11 is 7.30. The van der Waals surface area contributed by atoms with E-state index in [0.29, 0.717) is 5.11 Å². The van der Waals surface area contributed by atoms with Crippen LogP contribution >= 0.6 is 23.6 Å². The lowest BCUT2D eigenvalue weighted by molar-refractivity contribution is -0.125. The van der Waals surface area contributed by atoms with Gasteiger partial charge in [0.2, 0.25) is 0 Å². The van der Waals surface area contributed by atoms with Crippen LogP contribution in [0.15, 0.2) is 46.3 Å². The lowest BCUT2D eigenvalue weighted by Gasteiger charge is -2.38. The van der Waals surface area contributed by atoms with Gasteiger partial charge in [-0.15, -0.1) is 0 Å². The predicted octanol–water partition coefficient (Wildman–Crippen LogP) is 4.16. The molecule has 0 spiro atoms. The summed E-state index contributed by atoms with van der Waals surface area (Å²) in [5.41, 5.74) is 5.95. The van der Waals surface area contributed by atoms with Crippen molar-refractivity contribution < 1.29 is 4.79 Å². The molecule has 3 rings (SSSR count). The Kier molecular flexibility index (Phi) is 5.16. The molecule has 1 N–H and O–H groups in total. The zero-order valence-electron chi connectivity index (χ0n) is 15.7. The number of thiocarbonyl (C=S) groups is 1. The fourth-order valence-corrected chi connectivity index (χ4v) is 4.39. The molecule has 2 heterocycles. The van der Waals surface area contributed by atoms with Gasteiger partial charge in [-0.3, -0.25) is 9.69 Å². The van der Waals surface area contributed by atoms with Crippen LogP contribution in [0.2, 0.25) is 0 Å². The van der Waals surface area contributed by atoms with Crippen LogP contribution in [0.3, 0.4) is 0 Å². The molecule has 1 aromatic carbocycles. The maximum Gasteiger partial charge on any atom is 0.253 e. The first-order valence-electron chi connectivity index (χ1n) is 8.43. The van der Waals surface area contributed by atoms with Gasteiger partial charge in [0.15, 0.2) is 5.11 Å². The number of aryl methyl sites for hydroxylation is 2. The number of benzene rings is 1. The Morgan fingerprint density at radius 2 is 1.85 bits per heavy atom. The van der Waals surface area contributed by atoms with E-state index in [1.54, 1.807) is 30.3 Å². The van der Waals surface area contributed by atoms with Crippen LogP contribution in [0.1, 0.15) is 29.7 Å². The number of carbonyl (C=O) groups excluding carboxylic acids is 1. The standard InChI is InChI=1S/C20H23N3OS2/c1-12-8-13(2)10-16(9-12)23-14(3)17(19(24)22(4)5)18(21-20(23)25)15-6-7-26-11-15/h6-11,18H,1-5H3,(H,21,25). The number of nitrogens with zero attached hydrogens (tertiary/aromatic N) is 2. The van der Waals surface area contributed by atoms with Gasteiger partial charge in [-0.2, -0.15) is 11.3 Å². The Hall–Kier alpha value is -2.18. The van der Waals surface area contributed by atoms with Crippen molar-refractivity contribution in [1.29, 1.82) is 0 Å². The molecule has 0 bridgehead atoms. The van der Waals surface area contributed by atoms with E-state index in [0.717, 1.165) is 33.6 Å². The quantitative estimate of drug-likeness (QED) is 0.805. The van der Waals surface area contributed by atoms with Crippen molar-refractivity contribution in [2.24, 2.45) is 0 Å². The molecule has 6 heteroatoms. The maximum absolute atomic E-state index is 13.0. The lowest BCUT2D eigenvalue weighted by Crippen LogP contribution is -2.49. The fraction of sp³-hybridized carbons (Fsp3) is 0.300. The number of amides is 1. The molecule has 1 atom stereocenters. The monoisotopic (exact) mass is 385 g/mol. The number of thiophene rings is 1. The number of rotatable bonds is 3. The third kappa shape index (κ3) is 3.39. The molecule has 1 amide bonds. The first-order valence-corrected chi connectivity index (χ1v) is 9.78. The van der Waals surface area contributed by atoms with Crippen molar-refractivity contribution >= 4 is 40.3 Å². The van der Waals surface area contributed by atoms with Crippen molar-refractivity contribution in [3.63, 3.8) is 0 Å². The van der Waals surface area contributed by atoms with E-state index >= 15 is 0 Å². The third-order valence-electron chi connectivity index (χ3n) is 4.46. The second kappa shape index (κ2) is 7.21. The summed E-state index contributed by atoms with van der Waals surface area (Å²) in [6.45, 7) is 6.10. The number of hydrogen-bond acceptors (Lipinski definition) is 3. The van der Waals surface area contributed by atoms with E-state index in [2.05, 4.69) is 42.7 Å². The highest BCUT2D eigenvalue weighted by Crippen LogP contribution is 2.35. The van der Waals surface area contributed by atoms with Crippen LogP contribution in [0, 0.1) is 13.8 Å². The third-order valence-corrected chi connectivity index (χ3v) is 5.46. The minimum atomic E-state index is -0.231.